The number of hydrogen-bond acceptors (Lipinski definition) is 3. The molecule has 5 nitrogen and oxygen atoms in total. The highest BCUT2D eigenvalue weighted by molar-refractivity contribution is 5.98. The van der Waals surface area contributed by atoms with Crippen LogP contribution in [0.1, 0.15) is 0 Å². The van der Waals surface area contributed by atoms with Crippen molar-refractivity contribution >= 4 is 22.6 Å². The summed E-state index contributed by atoms with van der Waals surface area (Å²) in [6.07, 6.45) is 1.30. The van der Waals surface area contributed by atoms with Crippen molar-refractivity contribution < 1.29 is 14.4 Å². The Morgan fingerprint density at radius 2 is 2.27 bits per heavy atom. The number of benzene rings is 1. The summed E-state index contributed by atoms with van der Waals surface area (Å²) in [4.78, 5) is 11.0. The van der Waals surface area contributed by atoms with E-state index in [1.54, 1.807) is 0 Å². The van der Waals surface area contributed by atoms with E-state index in [0.717, 1.165) is 4.57 Å². The van der Waals surface area contributed by atoms with Crippen molar-refractivity contribution in [3.63, 3.8) is 0 Å². The number of amides is 1. The average molecular weight is 209 g/mol. The van der Waals surface area contributed by atoms with Gasteiger partial charge in [-0.15, -0.1) is 0 Å². The lowest BCUT2D eigenvalue weighted by Gasteiger charge is -1.97. The van der Waals surface area contributed by atoms with Crippen LogP contribution in [0, 0.1) is 5.82 Å². The molecule has 0 fully saturated rings. The smallest absolute Gasteiger partial charge is 0.323 e. The maximum absolute atomic E-state index is 12.9. The maximum Gasteiger partial charge on any atom is 0.323 e. The van der Waals surface area contributed by atoms with Gasteiger partial charge >= 0.3 is 6.03 Å². The quantitative estimate of drug-likeness (QED) is 0.622. The molecule has 0 atom stereocenters. The number of fused-ring (bicyclic) bond motifs is 1. The lowest BCUT2D eigenvalue weighted by atomic mass is 10.2. The van der Waals surface area contributed by atoms with Gasteiger partial charge in [0, 0.05) is 11.6 Å². The van der Waals surface area contributed by atoms with Crippen molar-refractivity contribution in [3.05, 3.63) is 30.2 Å². The van der Waals surface area contributed by atoms with Crippen LogP contribution in [0.3, 0.4) is 0 Å². The van der Waals surface area contributed by atoms with Gasteiger partial charge in [-0.3, -0.25) is 15.3 Å². The average Bonchev–Trinajstić information content (AvgIpc) is 2.55. The monoisotopic (exact) mass is 209 g/mol. The molecule has 1 aromatic heterocycles. The Morgan fingerprint density at radius 1 is 1.53 bits per heavy atom. The van der Waals surface area contributed by atoms with Gasteiger partial charge in [-0.25, -0.2) is 9.18 Å². The number of aromatic nitrogens is 1. The van der Waals surface area contributed by atoms with E-state index in [9.17, 15) is 9.18 Å². The highest BCUT2D eigenvalue weighted by Gasteiger charge is 2.11. The van der Waals surface area contributed by atoms with E-state index in [4.69, 9.17) is 10.9 Å². The molecule has 2 rings (SSSR count). The molecule has 0 bridgehead atoms. The zero-order valence-corrected chi connectivity index (χ0v) is 7.57. The van der Waals surface area contributed by atoms with Crippen molar-refractivity contribution in [2.45, 2.75) is 0 Å². The van der Waals surface area contributed by atoms with Gasteiger partial charge in [-0.2, -0.15) is 0 Å². The summed E-state index contributed by atoms with van der Waals surface area (Å²) in [7, 11) is 0. The minimum Gasteiger partial charge on any atom is -0.351 e. The van der Waals surface area contributed by atoms with Crippen molar-refractivity contribution in [1.29, 1.82) is 0 Å². The fourth-order valence-electron chi connectivity index (χ4n) is 1.47. The van der Waals surface area contributed by atoms with Gasteiger partial charge < -0.3 is 5.73 Å². The third-order valence-corrected chi connectivity index (χ3v) is 2.13. The minimum atomic E-state index is -0.743. The Morgan fingerprint density at radius 3 is 2.87 bits per heavy atom. The fourth-order valence-corrected chi connectivity index (χ4v) is 1.47. The van der Waals surface area contributed by atoms with Gasteiger partial charge in [0.05, 0.1) is 11.2 Å². The molecule has 0 aliphatic heterocycles. The van der Waals surface area contributed by atoms with E-state index in [0.29, 0.717) is 16.6 Å². The van der Waals surface area contributed by atoms with Crippen LogP contribution in [0.4, 0.5) is 14.9 Å². The summed E-state index contributed by atoms with van der Waals surface area (Å²) in [6.45, 7) is 0. The molecule has 4 N–H and O–H groups in total. The summed E-state index contributed by atoms with van der Waals surface area (Å²) in [5.41, 5.74) is 7.60. The van der Waals surface area contributed by atoms with Gasteiger partial charge in [0.2, 0.25) is 0 Å². The van der Waals surface area contributed by atoms with Crippen LogP contribution in [0.25, 0.3) is 10.9 Å². The number of primary amides is 1. The van der Waals surface area contributed by atoms with Crippen molar-refractivity contribution in [1.82, 2.24) is 4.57 Å². The van der Waals surface area contributed by atoms with Crippen molar-refractivity contribution in [2.75, 3.05) is 5.48 Å². The van der Waals surface area contributed by atoms with Crippen molar-refractivity contribution in [2.24, 2.45) is 5.73 Å². The molecular weight excluding hydrogens is 201 g/mol. The topological polar surface area (TPSA) is 80.3 Å². The summed E-state index contributed by atoms with van der Waals surface area (Å²) in [5, 5.41) is 9.30. The molecule has 0 spiro atoms. The van der Waals surface area contributed by atoms with E-state index in [1.165, 1.54) is 24.4 Å². The van der Waals surface area contributed by atoms with Gasteiger partial charge in [0.25, 0.3) is 0 Å². The second-order valence-corrected chi connectivity index (χ2v) is 3.02. The van der Waals surface area contributed by atoms with Crippen LogP contribution in [0.15, 0.2) is 24.4 Å². The normalized spacial score (nSPS) is 10.5. The molecule has 6 heteroatoms. The molecule has 0 radical (unpaired) electrons. The summed E-state index contributed by atoms with van der Waals surface area (Å²) in [5.74, 6) is -0.479. The Balaban J connectivity index is 2.81. The first-order valence-electron chi connectivity index (χ1n) is 4.14. The van der Waals surface area contributed by atoms with E-state index in [2.05, 4.69) is 0 Å². The lowest BCUT2D eigenvalue weighted by molar-refractivity contribution is 0.251. The summed E-state index contributed by atoms with van der Waals surface area (Å²) >= 11 is 0. The molecule has 0 aliphatic rings. The van der Waals surface area contributed by atoms with Gasteiger partial charge in [-0.1, -0.05) is 0 Å². The second kappa shape index (κ2) is 3.25. The molecule has 78 valence electrons. The first kappa shape index (κ1) is 9.47. The Hall–Kier alpha value is -2.08. The van der Waals surface area contributed by atoms with E-state index in [-0.39, 0.29) is 0 Å². The van der Waals surface area contributed by atoms with Crippen LogP contribution in [-0.4, -0.2) is 15.8 Å². The van der Waals surface area contributed by atoms with Crippen LogP contribution < -0.4 is 11.2 Å². The molecule has 0 aliphatic carbocycles. The Bertz CT molecular complexity index is 535. The zero-order chi connectivity index (χ0) is 11.0. The third kappa shape index (κ3) is 1.40. The first-order chi connectivity index (χ1) is 7.13. The van der Waals surface area contributed by atoms with Gasteiger partial charge in [0.15, 0.2) is 0 Å². The first-order valence-corrected chi connectivity index (χ1v) is 4.14. The molecule has 2 aromatic rings. The zero-order valence-electron chi connectivity index (χ0n) is 7.57. The largest absolute Gasteiger partial charge is 0.351 e. The van der Waals surface area contributed by atoms with Gasteiger partial charge in [-0.05, 0) is 18.2 Å². The van der Waals surface area contributed by atoms with Crippen LogP contribution in [0.2, 0.25) is 0 Å². The number of halogens is 1. The standard InChI is InChI=1S/C9H8FN3O2/c10-5-1-2-6-7(12-15)4-13(9(11)14)8(6)3-5/h1-4,12,15H,(H2,11,14). The molecule has 15 heavy (non-hydrogen) atoms. The molecule has 0 saturated heterocycles. The Labute approximate surface area is 83.9 Å². The predicted molar refractivity (Wildman–Crippen MR) is 52.3 cm³/mol. The lowest BCUT2D eigenvalue weighted by Crippen LogP contribution is -2.18. The molecule has 1 amide bonds. The number of nitrogens with two attached hydrogens (primary N) is 1. The summed E-state index contributed by atoms with van der Waals surface area (Å²) < 4.78 is 14.0. The fraction of sp³-hybridized carbons (Fsp3) is 0. The summed E-state index contributed by atoms with van der Waals surface area (Å²) in [6, 6.07) is 3.10. The highest BCUT2D eigenvalue weighted by Crippen LogP contribution is 2.25. The molecule has 0 saturated carbocycles. The van der Waals surface area contributed by atoms with E-state index >= 15 is 0 Å². The number of nitrogens with zero attached hydrogens (tertiary/aromatic N) is 1. The predicted octanol–water partition coefficient (Wildman–Crippen LogP) is 1.51. The molecule has 1 aromatic carbocycles. The third-order valence-electron chi connectivity index (χ3n) is 2.13. The number of anilines is 1. The van der Waals surface area contributed by atoms with Crippen LogP contribution in [0.5, 0.6) is 0 Å². The number of rotatable bonds is 1. The van der Waals surface area contributed by atoms with E-state index < -0.39 is 11.8 Å². The highest BCUT2D eigenvalue weighted by atomic mass is 19.1. The second-order valence-electron chi connectivity index (χ2n) is 3.02. The van der Waals surface area contributed by atoms with E-state index in [1.807, 2.05) is 5.48 Å². The van der Waals surface area contributed by atoms with Crippen molar-refractivity contribution in [3.8, 4) is 0 Å². The number of carbonyl (C=O) groups excluding carboxylic acids is 1. The van der Waals surface area contributed by atoms with Crippen LogP contribution >= 0.6 is 0 Å². The number of carbonyl (C=O) groups is 1. The Kier molecular flexibility index (Phi) is 2.05. The SMILES string of the molecule is NC(=O)n1cc(NO)c2ccc(F)cc21. The molecular formula is C9H8FN3O2. The molecule has 0 unspecified atom stereocenters. The minimum absolute atomic E-state index is 0.295. The molecule has 1 heterocycles. The number of hydrogen-bond donors (Lipinski definition) is 3. The maximum atomic E-state index is 12.9. The van der Waals surface area contributed by atoms with Crippen LogP contribution in [-0.2, 0) is 0 Å². The van der Waals surface area contributed by atoms with Gasteiger partial charge in [0.1, 0.15) is 5.82 Å². The number of nitrogens with one attached hydrogen (secondary N) is 1.